The summed E-state index contributed by atoms with van der Waals surface area (Å²) in [6.45, 7) is 1.98. The van der Waals surface area contributed by atoms with Crippen molar-refractivity contribution in [2.45, 2.75) is 18.2 Å². The van der Waals surface area contributed by atoms with E-state index in [0.29, 0.717) is 5.69 Å². The Kier molecular flexibility index (Phi) is 5.13. The molecule has 0 atom stereocenters. The zero-order chi connectivity index (χ0) is 16.0. The van der Waals surface area contributed by atoms with E-state index in [1.807, 2.05) is 17.8 Å². The first kappa shape index (κ1) is 16.0. The molecule has 2 aromatic carbocycles. The van der Waals surface area contributed by atoms with Crippen LogP contribution in [0.2, 0.25) is 0 Å². The molecular weight excluding hydrogens is 302 g/mol. The number of para-hydroxylation sites is 1. The van der Waals surface area contributed by atoms with Gasteiger partial charge in [-0.15, -0.1) is 4.83 Å². The third kappa shape index (κ3) is 4.31. The number of benzene rings is 2. The second kappa shape index (κ2) is 7.06. The van der Waals surface area contributed by atoms with Crippen molar-refractivity contribution in [1.29, 1.82) is 0 Å². The van der Waals surface area contributed by atoms with Crippen LogP contribution in [-0.4, -0.2) is 14.4 Å². The SMILES string of the molecule is CCc1ccc(S(=O)(=O)NNC(=O)Nc2ccccc2)cc1. The number of carbonyl (C=O) groups excluding carboxylic acids is 1. The van der Waals surface area contributed by atoms with Gasteiger partial charge in [0.1, 0.15) is 0 Å². The van der Waals surface area contributed by atoms with Gasteiger partial charge < -0.3 is 5.32 Å². The highest BCUT2D eigenvalue weighted by Gasteiger charge is 2.14. The molecule has 0 bridgehead atoms. The number of carbonyl (C=O) groups is 1. The molecule has 0 fully saturated rings. The monoisotopic (exact) mass is 319 g/mol. The van der Waals surface area contributed by atoms with Gasteiger partial charge in [0, 0.05) is 5.69 Å². The number of rotatable bonds is 5. The molecule has 0 saturated carbocycles. The van der Waals surface area contributed by atoms with Crippen molar-refractivity contribution < 1.29 is 13.2 Å². The molecule has 3 N–H and O–H groups in total. The molecule has 2 rings (SSSR count). The number of anilines is 1. The lowest BCUT2D eigenvalue weighted by Gasteiger charge is -2.10. The maximum atomic E-state index is 12.0. The number of sulfonamides is 1. The Balaban J connectivity index is 1.95. The van der Waals surface area contributed by atoms with Gasteiger partial charge in [0.25, 0.3) is 10.0 Å². The number of aryl methyl sites for hydroxylation is 1. The Bertz CT molecular complexity index is 728. The van der Waals surface area contributed by atoms with Gasteiger partial charge in [-0.25, -0.2) is 13.2 Å². The lowest BCUT2D eigenvalue weighted by molar-refractivity contribution is 0.250. The Hall–Kier alpha value is -2.38. The molecule has 22 heavy (non-hydrogen) atoms. The molecule has 0 radical (unpaired) electrons. The van der Waals surface area contributed by atoms with Crippen molar-refractivity contribution in [3.05, 3.63) is 60.2 Å². The first-order valence-corrected chi connectivity index (χ1v) is 8.22. The lowest BCUT2D eigenvalue weighted by Crippen LogP contribution is -2.43. The second-order valence-electron chi connectivity index (χ2n) is 4.55. The summed E-state index contributed by atoms with van der Waals surface area (Å²) in [7, 11) is -3.79. The van der Waals surface area contributed by atoms with Crippen LogP contribution in [0, 0.1) is 0 Å². The Morgan fingerprint density at radius 2 is 1.64 bits per heavy atom. The molecule has 0 heterocycles. The fourth-order valence-electron chi connectivity index (χ4n) is 1.76. The summed E-state index contributed by atoms with van der Waals surface area (Å²) in [5.41, 5.74) is 3.71. The number of hydrazine groups is 1. The van der Waals surface area contributed by atoms with Gasteiger partial charge in [0.05, 0.1) is 4.90 Å². The van der Waals surface area contributed by atoms with Crippen LogP contribution in [0.3, 0.4) is 0 Å². The number of amides is 2. The lowest BCUT2D eigenvalue weighted by atomic mass is 10.2. The van der Waals surface area contributed by atoms with Crippen molar-refractivity contribution in [3.8, 4) is 0 Å². The third-order valence-electron chi connectivity index (χ3n) is 2.97. The summed E-state index contributed by atoms with van der Waals surface area (Å²) in [4.78, 5) is 13.8. The second-order valence-corrected chi connectivity index (χ2v) is 6.23. The minimum atomic E-state index is -3.79. The van der Waals surface area contributed by atoms with Crippen LogP contribution in [0.1, 0.15) is 12.5 Å². The molecular formula is C15H17N3O3S. The van der Waals surface area contributed by atoms with Gasteiger partial charge in [0.15, 0.2) is 0 Å². The molecule has 116 valence electrons. The van der Waals surface area contributed by atoms with Gasteiger partial charge in [-0.2, -0.15) is 0 Å². The first-order valence-electron chi connectivity index (χ1n) is 6.74. The molecule has 0 aliphatic heterocycles. The smallest absolute Gasteiger partial charge is 0.307 e. The summed E-state index contributed by atoms with van der Waals surface area (Å²) in [5, 5.41) is 2.51. The molecule has 0 aromatic heterocycles. The number of urea groups is 1. The largest absolute Gasteiger partial charge is 0.334 e. The quantitative estimate of drug-likeness (QED) is 0.739. The van der Waals surface area contributed by atoms with Crippen LogP contribution in [0.5, 0.6) is 0 Å². The molecule has 2 amide bonds. The molecule has 0 saturated heterocycles. The fourth-order valence-corrected chi connectivity index (χ4v) is 2.60. The predicted octanol–water partition coefficient (Wildman–Crippen LogP) is 2.26. The Morgan fingerprint density at radius 1 is 1.00 bits per heavy atom. The standard InChI is InChI=1S/C15H17N3O3S/c1-2-12-8-10-14(11-9-12)22(20,21)18-17-15(19)16-13-6-4-3-5-7-13/h3-11,18H,2H2,1H3,(H2,16,17,19). The van der Waals surface area contributed by atoms with Crippen molar-refractivity contribution in [2.75, 3.05) is 5.32 Å². The van der Waals surface area contributed by atoms with Crippen molar-refractivity contribution in [3.63, 3.8) is 0 Å². The highest BCUT2D eigenvalue weighted by Crippen LogP contribution is 2.10. The molecule has 6 nitrogen and oxygen atoms in total. The van der Waals surface area contributed by atoms with Crippen LogP contribution in [0.25, 0.3) is 0 Å². The van der Waals surface area contributed by atoms with Crippen molar-refractivity contribution in [1.82, 2.24) is 10.3 Å². The fraction of sp³-hybridized carbons (Fsp3) is 0.133. The Morgan fingerprint density at radius 3 is 2.23 bits per heavy atom. The van der Waals surface area contributed by atoms with Crippen LogP contribution in [0.15, 0.2) is 59.5 Å². The van der Waals surface area contributed by atoms with Gasteiger partial charge >= 0.3 is 6.03 Å². The maximum Gasteiger partial charge on any atom is 0.334 e. The van der Waals surface area contributed by atoms with E-state index in [1.54, 1.807) is 36.4 Å². The third-order valence-corrected chi connectivity index (χ3v) is 4.24. The number of hydrogen-bond donors (Lipinski definition) is 3. The van der Waals surface area contributed by atoms with E-state index in [9.17, 15) is 13.2 Å². The van der Waals surface area contributed by atoms with E-state index in [2.05, 4.69) is 10.7 Å². The zero-order valence-electron chi connectivity index (χ0n) is 12.0. The van der Waals surface area contributed by atoms with E-state index < -0.39 is 16.1 Å². The van der Waals surface area contributed by atoms with Gasteiger partial charge in [0.2, 0.25) is 0 Å². The first-order chi connectivity index (χ1) is 10.5. The minimum Gasteiger partial charge on any atom is -0.307 e. The summed E-state index contributed by atoms with van der Waals surface area (Å²) in [6.07, 6.45) is 0.825. The number of nitrogens with one attached hydrogen (secondary N) is 3. The van der Waals surface area contributed by atoms with E-state index in [1.165, 1.54) is 12.1 Å². The van der Waals surface area contributed by atoms with E-state index in [-0.39, 0.29) is 4.90 Å². The zero-order valence-corrected chi connectivity index (χ0v) is 12.9. The number of hydrogen-bond acceptors (Lipinski definition) is 3. The van der Waals surface area contributed by atoms with Crippen LogP contribution < -0.4 is 15.6 Å². The predicted molar refractivity (Wildman–Crippen MR) is 84.7 cm³/mol. The Labute approximate surface area is 129 Å². The average Bonchev–Trinajstić information content (AvgIpc) is 2.54. The molecule has 0 aliphatic carbocycles. The van der Waals surface area contributed by atoms with E-state index in [4.69, 9.17) is 0 Å². The molecule has 7 heteroatoms. The summed E-state index contributed by atoms with van der Waals surface area (Å²) >= 11 is 0. The highest BCUT2D eigenvalue weighted by molar-refractivity contribution is 7.89. The molecule has 0 aliphatic rings. The average molecular weight is 319 g/mol. The minimum absolute atomic E-state index is 0.0877. The van der Waals surface area contributed by atoms with Gasteiger partial charge in [-0.1, -0.05) is 37.3 Å². The maximum absolute atomic E-state index is 12.0. The summed E-state index contributed by atoms with van der Waals surface area (Å²) in [6, 6.07) is 14.5. The molecule has 0 unspecified atom stereocenters. The summed E-state index contributed by atoms with van der Waals surface area (Å²) in [5.74, 6) is 0. The van der Waals surface area contributed by atoms with Crippen LogP contribution in [-0.2, 0) is 16.4 Å². The highest BCUT2D eigenvalue weighted by atomic mass is 32.2. The van der Waals surface area contributed by atoms with E-state index >= 15 is 0 Å². The molecule has 0 spiro atoms. The van der Waals surface area contributed by atoms with Gasteiger partial charge in [-0.05, 0) is 36.2 Å². The van der Waals surface area contributed by atoms with E-state index in [0.717, 1.165) is 12.0 Å². The summed E-state index contributed by atoms with van der Waals surface area (Å²) < 4.78 is 24.1. The topological polar surface area (TPSA) is 87.3 Å². The van der Waals surface area contributed by atoms with Gasteiger partial charge in [-0.3, -0.25) is 5.43 Å². The molecule has 2 aromatic rings. The van der Waals surface area contributed by atoms with Crippen molar-refractivity contribution >= 4 is 21.7 Å². The van der Waals surface area contributed by atoms with Crippen LogP contribution >= 0.6 is 0 Å². The van der Waals surface area contributed by atoms with Crippen molar-refractivity contribution in [2.24, 2.45) is 0 Å². The van der Waals surface area contributed by atoms with Crippen LogP contribution in [0.4, 0.5) is 10.5 Å². The normalized spacial score (nSPS) is 11.0.